The van der Waals surface area contributed by atoms with Crippen molar-refractivity contribution in [1.29, 1.82) is 0 Å². The average molecular weight is 1540 g/mol. The summed E-state index contributed by atoms with van der Waals surface area (Å²) >= 11 is 4.35. The molecule has 0 saturated carbocycles. The Morgan fingerprint density at radius 2 is 0.616 bits per heavy atom. The van der Waals surface area contributed by atoms with Crippen LogP contribution in [0.15, 0.2) is 313 Å². The molecule has 86 heavy (non-hydrogen) atoms. The van der Waals surface area contributed by atoms with Crippen LogP contribution < -0.4 is 35.5 Å². The van der Waals surface area contributed by atoms with E-state index in [-0.39, 0.29) is 15.9 Å². The van der Waals surface area contributed by atoms with E-state index in [1.54, 1.807) is 3.71 Å². The molecule has 3 heterocycles. The number of nitrogens with zero attached hydrogens (tertiary/aromatic N) is 3. The number of pyridine rings is 3. The van der Waals surface area contributed by atoms with Crippen molar-refractivity contribution in [3.8, 4) is 22.5 Å². The zero-order chi connectivity index (χ0) is 60.7. The topological polar surface area (TPSA) is 38.7 Å². The monoisotopic (exact) mass is 1540 g/mol. The van der Waals surface area contributed by atoms with Crippen LogP contribution in [0.4, 0.5) is 0 Å². The van der Waals surface area contributed by atoms with Crippen molar-refractivity contribution in [1.82, 2.24) is 15.0 Å². The zero-order valence-corrected chi connectivity index (χ0v) is 60.2. The number of rotatable bonds is 18. The maximum atomic E-state index is 4.81. The van der Waals surface area contributed by atoms with Gasteiger partial charge in [0, 0.05) is 32.5 Å². The van der Waals surface area contributed by atoms with Crippen molar-refractivity contribution in [2.75, 3.05) is 0 Å². The number of benzene rings is 8. The second kappa shape index (κ2) is 42.1. The van der Waals surface area contributed by atoms with Gasteiger partial charge >= 0.3 is 159 Å². The van der Waals surface area contributed by atoms with Crippen LogP contribution in [-0.2, 0) is 15.9 Å². The molecular formula is C75H77Br2Cl2N3P2PdSn. The molecule has 11 heteroatoms. The van der Waals surface area contributed by atoms with E-state index < -0.39 is 34.2 Å². The Morgan fingerprint density at radius 3 is 0.860 bits per heavy atom. The van der Waals surface area contributed by atoms with Crippen LogP contribution in [0.1, 0.15) is 59.3 Å². The summed E-state index contributed by atoms with van der Waals surface area (Å²) in [6.45, 7) is 6.98. The Morgan fingerprint density at radius 1 is 0.337 bits per heavy atom. The number of halogens is 4. The molecule has 444 valence electrons. The van der Waals surface area contributed by atoms with Crippen molar-refractivity contribution in [3.05, 3.63) is 313 Å². The first-order valence-electron chi connectivity index (χ1n) is 29.3. The fraction of sp³-hybridized carbons (Fsp3) is 0.160. The third-order valence-corrected chi connectivity index (χ3v) is 34.9. The molecule has 0 spiro atoms. The van der Waals surface area contributed by atoms with Gasteiger partial charge in [-0.05, 0) is 96.2 Å². The summed E-state index contributed by atoms with van der Waals surface area (Å²) in [7, 11) is 8.74. The Bertz CT molecular complexity index is 3070. The van der Waals surface area contributed by atoms with Crippen molar-refractivity contribution in [2.45, 2.75) is 72.6 Å². The minimum absolute atomic E-state index is 0.106. The Labute approximate surface area is 553 Å². The van der Waals surface area contributed by atoms with Crippen LogP contribution in [0.3, 0.4) is 0 Å². The fourth-order valence-corrected chi connectivity index (χ4v) is 30.9. The van der Waals surface area contributed by atoms with Crippen molar-refractivity contribution >= 4 is 121 Å². The molecular weight excluding hydrogens is 1460 g/mol. The van der Waals surface area contributed by atoms with Gasteiger partial charge in [0.2, 0.25) is 0 Å². The zero-order valence-electron chi connectivity index (χ0n) is 49.3. The van der Waals surface area contributed by atoms with Crippen molar-refractivity contribution in [3.63, 3.8) is 0 Å². The van der Waals surface area contributed by atoms with E-state index in [4.69, 9.17) is 24.0 Å². The minimum atomic E-state index is -2.21. The molecule has 0 unspecified atom stereocenters. The van der Waals surface area contributed by atoms with E-state index in [0.29, 0.717) is 0 Å². The molecule has 0 amide bonds. The number of aromatic nitrogens is 3. The molecule has 0 aliphatic heterocycles. The predicted molar refractivity (Wildman–Crippen MR) is 386 cm³/mol. The first kappa shape index (κ1) is 70.2. The SMILES string of the molecule is Brc1cccc(Br)c1.CCC[CH2][Sn]([CH2]CCC)([CH2]CCC)[c]1ccccn1.[Cl][Pd][Cl].c1ccc(-c2cccc(-c3ccccn3)c2)nc1.c1ccc(P(c2ccccc2)c2ccccc2)cc1.c1ccc(P(c2ccccc2)c2ccccc2)cc1. The number of hydrogen-bond donors (Lipinski definition) is 0. The van der Waals surface area contributed by atoms with Gasteiger partial charge in [-0.1, -0.05) is 250 Å². The van der Waals surface area contributed by atoms with Gasteiger partial charge in [-0.25, -0.2) is 0 Å². The molecule has 3 aromatic heterocycles. The van der Waals surface area contributed by atoms with Gasteiger partial charge in [-0.15, -0.1) is 0 Å². The van der Waals surface area contributed by atoms with E-state index in [1.807, 2.05) is 85.3 Å². The normalized spacial score (nSPS) is 10.5. The summed E-state index contributed by atoms with van der Waals surface area (Å²) in [5.41, 5.74) is 4.18. The molecule has 0 atom stereocenters. The van der Waals surface area contributed by atoms with Gasteiger partial charge in [0.25, 0.3) is 0 Å². The third kappa shape index (κ3) is 24.6. The molecule has 0 aliphatic carbocycles. The molecule has 0 bridgehead atoms. The Hall–Kier alpha value is -4.93. The second-order valence-electron chi connectivity index (χ2n) is 20.0. The summed E-state index contributed by atoms with van der Waals surface area (Å²) in [6, 6.07) is 99.4. The van der Waals surface area contributed by atoms with E-state index in [1.165, 1.54) is 83.7 Å². The van der Waals surface area contributed by atoms with Crippen LogP contribution in [0.5, 0.6) is 0 Å². The van der Waals surface area contributed by atoms with Crippen LogP contribution >= 0.6 is 66.8 Å². The summed E-state index contributed by atoms with van der Waals surface area (Å²) < 4.78 is 8.30. The molecule has 0 saturated heterocycles. The van der Waals surface area contributed by atoms with Gasteiger partial charge < -0.3 is 0 Å². The third-order valence-electron chi connectivity index (χ3n) is 13.9. The summed E-state index contributed by atoms with van der Waals surface area (Å²) in [5, 5.41) is 8.39. The summed E-state index contributed by atoms with van der Waals surface area (Å²) in [4.78, 5) is 13.5. The molecule has 0 fully saturated rings. The molecule has 0 N–H and O–H groups in total. The van der Waals surface area contributed by atoms with E-state index >= 15 is 0 Å². The van der Waals surface area contributed by atoms with Gasteiger partial charge in [0.15, 0.2) is 0 Å². The minimum Gasteiger partial charge on any atom is -0.256 e. The number of unbranched alkanes of at least 4 members (excludes halogenated alkanes) is 3. The van der Waals surface area contributed by atoms with E-state index in [9.17, 15) is 0 Å². The Kier molecular flexibility index (Phi) is 34.3. The molecule has 8 aromatic carbocycles. The van der Waals surface area contributed by atoms with Gasteiger partial charge in [-0.2, -0.15) is 0 Å². The molecule has 11 rings (SSSR count). The van der Waals surface area contributed by atoms with Crippen LogP contribution in [0.2, 0.25) is 13.3 Å². The number of hydrogen-bond acceptors (Lipinski definition) is 3. The van der Waals surface area contributed by atoms with Gasteiger partial charge in [0.05, 0.1) is 11.4 Å². The molecule has 11 aromatic rings. The smallest absolute Gasteiger partial charge is 0.0702 e. The maximum absolute atomic E-state index is 4.81. The molecule has 3 nitrogen and oxygen atoms in total. The van der Waals surface area contributed by atoms with Crippen LogP contribution in [-0.4, -0.2) is 33.3 Å². The van der Waals surface area contributed by atoms with Crippen molar-refractivity contribution < 1.29 is 15.9 Å². The van der Waals surface area contributed by atoms with E-state index in [2.05, 4.69) is 281 Å². The van der Waals surface area contributed by atoms with Crippen LogP contribution in [0.25, 0.3) is 22.5 Å². The second-order valence-corrected chi connectivity index (χ2v) is 41.7. The quantitative estimate of drug-likeness (QED) is 0.0635. The average Bonchev–Trinajstić information content (AvgIpc) is 3.66. The predicted octanol–water partition coefficient (Wildman–Crippen LogP) is 20.4. The summed E-state index contributed by atoms with van der Waals surface area (Å²) in [5.74, 6) is 0. The standard InChI is InChI=1S/2C18H15P.C16H12N2.C6H4Br2.C5H4N.3C4H9.2ClH.Pd.Sn/c2*1-4-10-16(11-5-1)19(17-12-6-2-7-13-17)18-14-8-3-9-15-18;1-3-10-17-15(8-1)13-6-5-7-14(12-13)16-9-2-4-11-18-16;7-5-2-1-3-6(8)4-5;1-2-4-6-5-3-1;3*1-3-4-2;;;;/h2*1-15H;1-12H;1-4H;1-4H;3*1,3-4H2,2H3;2*1H;;/q;;;;;;;;;;+2;/p-2. The van der Waals surface area contributed by atoms with Gasteiger partial charge in [0.1, 0.15) is 0 Å². The Balaban J connectivity index is 0.000000173. The fourth-order valence-electron chi connectivity index (χ4n) is 9.70. The van der Waals surface area contributed by atoms with Gasteiger partial charge in [-0.3, -0.25) is 9.97 Å². The molecule has 0 aliphatic rings. The van der Waals surface area contributed by atoms with E-state index in [0.717, 1.165) is 31.5 Å². The van der Waals surface area contributed by atoms with Crippen molar-refractivity contribution in [2.24, 2.45) is 0 Å². The largest absolute Gasteiger partial charge is 0.256 e. The summed E-state index contributed by atoms with van der Waals surface area (Å²) in [6.07, 6.45) is 13.9. The van der Waals surface area contributed by atoms with Crippen LogP contribution in [0, 0.1) is 0 Å². The molecule has 0 radical (unpaired) electrons. The first-order chi connectivity index (χ1) is 42.3. The maximum Gasteiger partial charge on any atom is 0.0702 e. The first-order valence-corrected chi connectivity index (χ1v) is 45.1.